The van der Waals surface area contributed by atoms with Gasteiger partial charge in [0.2, 0.25) is 0 Å². The summed E-state index contributed by atoms with van der Waals surface area (Å²) in [5, 5.41) is 3.02. The highest BCUT2D eigenvalue weighted by molar-refractivity contribution is 14.1. The lowest BCUT2D eigenvalue weighted by Gasteiger charge is -2.19. The van der Waals surface area contributed by atoms with E-state index in [9.17, 15) is 4.79 Å². The Hall–Kier alpha value is -0.620. The summed E-state index contributed by atoms with van der Waals surface area (Å²) in [5.41, 5.74) is 0.780. The van der Waals surface area contributed by atoms with Crippen LogP contribution in [0.1, 0.15) is 42.5 Å². The molecule has 0 atom stereocenters. The average Bonchev–Trinajstić information content (AvgIpc) is 2.72. The molecule has 0 radical (unpaired) electrons. The van der Waals surface area contributed by atoms with E-state index in [0.717, 1.165) is 28.6 Å². The number of benzene rings is 1. The van der Waals surface area contributed by atoms with Crippen molar-refractivity contribution in [1.82, 2.24) is 10.2 Å². The van der Waals surface area contributed by atoms with Crippen LogP contribution in [0.4, 0.5) is 0 Å². The molecule has 1 fully saturated rings. The fraction of sp³-hybridized carbons (Fsp3) is 0.562. The highest BCUT2D eigenvalue weighted by Crippen LogP contribution is 2.11. The van der Waals surface area contributed by atoms with Crippen molar-refractivity contribution < 1.29 is 4.79 Å². The van der Waals surface area contributed by atoms with Crippen molar-refractivity contribution in [3.05, 3.63) is 33.4 Å². The van der Waals surface area contributed by atoms with E-state index in [1.54, 1.807) is 0 Å². The van der Waals surface area contributed by atoms with Gasteiger partial charge in [0.05, 0.1) is 5.56 Å². The molecule has 1 amide bonds. The van der Waals surface area contributed by atoms with Crippen LogP contribution in [0.3, 0.4) is 0 Å². The smallest absolute Gasteiger partial charge is 0.252 e. The van der Waals surface area contributed by atoms with E-state index in [2.05, 4.69) is 32.8 Å². The molecule has 0 spiro atoms. The third-order valence-corrected chi connectivity index (χ3v) is 4.69. The number of nitrogens with one attached hydrogen (secondary N) is 1. The highest BCUT2D eigenvalue weighted by atomic mass is 127. The van der Waals surface area contributed by atoms with Gasteiger partial charge >= 0.3 is 0 Å². The number of amides is 1. The van der Waals surface area contributed by atoms with Gasteiger partial charge < -0.3 is 10.2 Å². The molecule has 1 heterocycles. The monoisotopic (exact) mass is 386 g/mol. The molecule has 0 aliphatic carbocycles. The molecule has 110 valence electrons. The first kappa shape index (κ1) is 15.8. The molecule has 0 unspecified atom stereocenters. The van der Waals surface area contributed by atoms with Gasteiger partial charge in [-0.2, -0.15) is 0 Å². The molecule has 3 nitrogen and oxygen atoms in total. The molecule has 4 heteroatoms. The lowest BCUT2D eigenvalue weighted by Crippen LogP contribution is -2.30. The second-order valence-corrected chi connectivity index (χ2v) is 6.51. The number of likely N-dealkylation sites (tertiary alicyclic amines) is 1. The third-order valence-electron chi connectivity index (χ3n) is 3.75. The van der Waals surface area contributed by atoms with Crippen molar-refractivity contribution in [1.29, 1.82) is 0 Å². The zero-order chi connectivity index (χ0) is 14.2. The maximum absolute atomic E-state index is 12.0. The number of rotatable bonds is 5. The number of hydrogen-bond acceptors (Lipinski definition) is 2. The van der Waals surface area contributed by atoms with Gasteiger partial charge in [-0.3, -0.25) is 4.79 Å². The molecule has 1 saturated heterocycles. The van der Waals surface area contributed by atoms with Gasteiger partial charge in [0.1, 0.15) is 0 Å². The molecule has 1 aromatic rings. The Morgan fingerprint density at radius 1 is 1.15 bits per heavy atom. The van der Waals surface area contributed by atoms with Crippen LogP contribution in [-0.2, 0) is 0 Å². The first-order valence-electron chi connectivity index (χ1n) is 7.52. The normalized spacial score (nSPS) is 16.6. The largest absolute Gasteiger partial charge is 0.352 e. The molecule has 1 aliphatic heterocycles. The lowest BCUT2D eigenvalue weighted by atomic mass is 10.2. The van der Waals surface area contributed by atoms with Crippen LogP contribution in [-0.4, -0.2) is 37.0 Å². The van der Waals surface area contributed by atoms with Crippen molar-refractivity contribution in [2.75, 3.05) is 26.2 Å². The van der Waals surface area contributed by atoms with E-state index in [4.69, 9.17) is 0 Å². The molecular formula is C16H23IN2O. The summed E-state index contributed by atoms with van der Waals surface area (Å²) in [6.45, 7) is 4.32. The summed E-state index contributed by atoms with van der Waals surface area (Å²) in [7, 11) is 0. The fourth-order valence-electron chi connectivity index (χ4n) is 2.60. The van der Waals surface area contributed by atoms with E-state index >= 15 is 0 Å². The molecule has 0 saturated carbocycles. The predicted molar refractivity (Wildman–Crippen MR) is 91.0 cm³/mol. The molecular weight excluding hydrogens is 363 g/mol. The molecule has 1 N–H and O–H groups in total. The van der Waals surface area contributed by atoms with Crippen LogP contribution in [0.25, 0.3) is 0 Å². The minimum atomic E-state index is 0.0471. The fourth-order valence-corrected chi connectivity index (χ4v) is 3.24. The lowest BCUT2D eigenvalue weighted by molar-refractivity contribution is 0.0951. The predicted octanol–water partition coefficient (Wildman–Crippen LogP) is 3.29. The average molecular weight is 386 g/mol. The Morgan fingerprint density at radius 2 is 1.85 bits per heavy atom. The number of carbonyl (C=O) groups excluding carboxylic acids is 1. The second kappa shape index (κ2) is 8.62. The Bertz CT molecular complexity index is 428. The second-order valence-electron chi connectivity index (χ2n) is 5.35. The van der Waals surface area contributed by atoms with Crippen LogP contribution in [0, 0.1) is 3.57 Å². The van der Waals surface area contributed by atoms with Crippen LogP contribution < -0.4 is 5.32 Å². The number of halogens is 1. The third kappa shape index (κ3) is 5.05. The molecule has 1 aromatic carbocycles. The minimum Gasteiger partial charge on any atom is -0.352 e. The van der Waals surface area contributed by atoms with Gasteiger partial charge in [-0.1, -0.05) is 25.0 Å². The highest BCUT2D eigenvalue weighted by Gasteiger charge is 2.10. The Balaban J connectivity index is 1.68. The summed E-state index contributed by atoms with van der Waals surface area (Å²) in [4.78, 5) is 14.6. The first-order chi connectivity index (χ1) is 9.77. The van der Waals surface area contributed by atoms with E-state index in [-0.39, 0.29) is 5.91 Å². The van der Waals surface area contributed by atoms with Gasteiger partial charge in [0, 0.05) is 10.1 Å². The molecule has 0 bridgehead atoms. The van der Waals surface area contributed by atoms with Crippen molar-refractivity contribution in [3.8, 4) is 0 Å². The van der Waals surface area contributed by atoms with Gasteiger partial charge in [0.25, 0.3) is 5.91 Å². The van der Waals surface area contributed by atoms with Crippen LogP contribution >= 0.6 is 22.6 Å². The van der Waals surface area contributed by atoms with E-state index in [0.29, 0.717) is 0 Å². The number of nitrogens with zero attached hydrogens (tertiary/aromatic N) is 1. The summed E-state index contributed by atoms with van der Waals surface area (Å²) in [6.07, 6.45) is 6.44. The van der Waals surface area contributed by atoms with E-state index in [1.165, 1.54) is 38.8 Å². The SMILES string of the molecule is O=C(NCCCN1CCCCCC1)c1ccccc1I. The van der Waals surface area contributed by atoms with Crippen LogP contribution in [0.2, 0.25) is 0 Å². The van der Waals surface area contributed by atoms with Crippen LogP contribution in [0.5, 0.6) is 0 Å². The van der Waals surface area contributed by atoms with Crippen molar-refractivity contribution in [3.63, 3.8) is 0 Å². The van der Waals surface area contributed by atoms with Gasteiger partial charge in [-0.05, 0) is 73.6 Å². The van der Waals surface area contributed by atoms with Gasteiger partial charge in [0.15, 0.2) is 0 Å². The topological polar surface area (TPSA) is 32.3 Å². The standard InChI is InChI=1S/C16H23IN2O/c17-15-9-4-3-8-14(15)16(20)18-10-7-13-19-11-5-1-2-6-12-19/h3-4,8-9H,1-2,5-7,10-13H2,(H,18,20). The Kier molecular flexibility index (Phi) is 6.79. The zero-order valence-corrected chi connectivity index (χ0v) is 14.1. The number of carbonyl (C=O) groups is 1. The first-order valence-corrected chi connectivity index (χ1v) is 8.60. The molecule has 1 aliphatic rings. The summed E-state index contributed by atoms with van der Waals surface area (Å²) >= 11 is 2.21. The van der Waals surface area contributed by atoms with Gasteiger partial charge in [-0.25, -0.2) is 0 Å². The Morgan fingerprint density at radius 3 is 2.55 bits per heavy atom. The summed E-state index contributed by atoms with van der Waals surface area (Å²) in [6, 6.07) is 7.71. The summed E-state index contributed by atoms with van der Waals surface area (Å²) in [5.74, 6) is 0.0471. The molecule has 0 aromatic heterocycles. The van der Waals surface area contributed by atoms with E-state index in [1.807, 2.05) is 24.3 Å². The van der Waals surface area contributed by atoms with Crippen LogP contribution in [0.15, 0.2) is 24.3 Å². The van der Waals surface area contributed by atoms with Gasteiger partial charge in [-0.15, -0.1) is 0 Å². The van der Waals surface area contributed by atoms with E-state index < -0.39 is 0 Å². The molecule has 2 rings (SSSR count). The summed E-state index contributed by atoms with van der Waals surface area (Å²) < 4.78 is 1.01. The minimum absolute atomic E-state index is 0.0471. The zero-order valence-electron chi connectivity index (χ0n) is 11.9. The van der Waals surface area contributed by atoms with Crippen molar-refractivity contribution in [2.45, 2.75) is 32.1 Å². The maximum Gasteiger partial charge on any atom is 0.252 e. The van der Waals surface area contributed by atoms with Crippen molar-refractivity contribution in [2.24, 2.45) is 0 Å². The Labute approximate surface area is 135 Å². The maximum atomic E-state index is 12.0. The molecule has 20 heavy (non-hydrogen) atoms. The number of hydrogen-bond donors (Lipinski definition) is 1. The van der Waals surface area contributed by atoms with Crippen molar-refractivity contribution >= 4 is 28.5 Å². The quantitative estimate of drug-likeness (QED) is 0.622.